The fourth-order valence-electron chi connectivity index (χ4n) is 2.62. The third-order valence-corrected chi connectivity index (χ3v) is 6.50. The van der Waals surface area contributed by atoms with Crippen molar-refractivity contribution < 1.29 is 13.2 Å². The highest BCUT2D eigenvalue weighted by molar-refractivity contribution is 7.91. The third kappa shape index (κ3) is 5.09. The molecular weight excluding hydrogens is 308 g/mol. The van der Waals surface area contributed by atoms with Gasteiger partial charge in [-0.1, -0.05) is 19.8 Å². The predicted molar refractivity (Wildman–Crippen MR) is 83.5 cm³/mol. The van der Waals surface area contributed by atoms with Gasteiger partial charge in [-0.05, 0) is 36.8 Å². The zero-order chi connectivity index (χ0) is 15.5. The van der Waals surface area contributed by atoms with Gasteiger partial charge in [-0.2, -0.15) is 0 Å². The zero-order valence-corrected chi connectivity index (χ0v) is 13.8. The Morgan fingerprint density at radius 1 is 1.33 bits per heavy atom. The van der Waals surface area contributed by atoms with Gasteiger partial charge in [0, 0.05) is 11.4 Å². The topological polar surface area (TPSA) is 89.3 Å². The van der Waals surface area contributed by atoms with Gasteiger partial charge in [0.1, 0.15) is 4.21 Å². The molecule has 1 amide bonds. The van der Waals surface area contributed by atoms with E-state index in [1.54, 1.807) is 6.07 Å². The van der Waals surface area contributed by atoms with E-state index in [4.69, 9.17) is 5.14 Å². The van der Waals surface area contributed by atoms with Crippen molar-refractivity contribution in [2.24, 2.45) is 17.0 Å². The van der Waals surface area contributed by atoms with Gasteiger partial charge in [-0.25, -0.2) is 13.6 Å². The molecule has 5 nitrogen and oxygen atoms in total. The zero-order valence-electron chi connectivity index (χ0n) is 12.2. The van der Waals surface area contributed by atoms with E-state index in [1.165, 1.54) is 31.7 Å². The molecule has 0 atom stereocenters. The maximum atomic E-state index is 11.9. The van der Waals surface area contributed by atoms with E-state index >= 15 is 0 Å². The van der Waals surface area contributed by atoms with Crippen molar-refractivity contribution >= 4 is 27.3 Å². The molecule has 118 valence electrons. The summed E-state index contributed by atoms with van der Waals surface area (Å²) in [4.78, 5) is 12.6. The number of hydrogen-bond donors (Lipinski definition) is 2. The Bertz CT molecular complexity index is 587. The Morgan fingerprint density at radius 3 is 2.57 bits per heavy atom. The second-order valence-corrected chi connectivity index (χ2v) is 8.83. The number of sulfonamides is 1. The van der Waals surface area contributed by atoms with Crippen LogP contribution in [-0.4, -0.2) is 20.9 Å². The van der Waals surface area contributed by atoms with Crippen LogP contribution in [0.4, 0.5) is 0 Å². The molecule has 0 aromatic carbocycles. The molecule has 0 unspecified atom stereocenters. The normalized spacial score (nSPS) is 23.0. The van der Waals surface area contributed by atoms with Crippen molar-refractivity contribution in [2.45, 2.75) is 43.2 Å². The van der Waals surface area contributed by atoms with Crippen molar-refractivity contribution in [3.63, 3.8) is 0 Å². The average Bonchev–Trinajstić information content (AvgIpc) is 2.86. The molecular formula is C14H22N2O3S2. The van der Waals surface area contributed by atoms with Crippen molar-refractivity contribution in [1.82, 2.24) is 5.32 Å². The van der Waals surface area contributed by atoms with E-state index in [-0.39, 0.29) is 16.5 Å². The fraction of sp³-hybridized carbons (Fsp3) is 0.643. The molecule has 1 fully saturated rings. The maximum Gasteiger partial charge on any atom is 0.247 e. The number of nitrogens with one attached hydrogen (secondary N) is 1. The molecule has 0 saturated heterocycles. The Labute approximate surface area is 130 Å². The molecule has 0 radical (unpaired) electrons. The average molecular weight is 330 g/mol. The quantitative estimate of drug-likeness (QED) is 0.864. The van der Waals surface area contributed by atoms with Gasteiger partial charge in [-0.3, -0.25) is 4.79 Å². The smallest absolute Gasteiger partial charge is 0.247 e. The van der Waals surface area contributed by atoms with E-state index in [1.807, 2.05) is 0 Å². The number of hydrogen-bond acceptors (Lipinski definition) is 4. The lowest BCUT2D eigenvalue weighted by molar-refractivity contribution is -0.120. The van der Waals surface area contributed by atoms with Crippen molar-refractivity contribution in [3.05, 3.63) is 17.0 Å². The molecule has 1 aliphatic rings. The van der Waals surface area contributed by atoms with Crippen LogP contribution < -0.4 is 10.5 Å². The largest absolute Gasteiger partial charge is 0.356 e. The van der Waals surface area contributed by atoms with Crippen LogP contribution in [0, 0.1) is 11.8 Å². The lowest BCUT2D eigenvalue weighted by atomic mass is 9.83. The highest BCUT2D eigenvalue weighted by Gasteiger charge is 2.19. The first-order valence-corrected chi connectivity index (χ1v) is 9.59. The molecule has 1 aromatic rings. The summed E-state index contributed by atoms with van der Waals surface area (Å²) in [6, 6.07) is 3.09. The predicted octanol–water partition coefficient (Wildman–Crippen LogP) is 1.88. The van der Waals surface area contributed by atoms with Gasteiger partial charge in [0.2, 0.25) is 15.9 Å². The molecule has 1 aromatic heterocycles. The van der Waals surface area contributed by atoms with Gasteiger partial charge in [0.15, 0.2) is 0 Å². The molecule has 0 bridgehead atoms. The van der Waals surface area contributed by atoms with Gasteiger partial charge in [0.25, 0.3) is 0 Å². The van der Waals surface area contributed by atoms with Gasteiger partial charge in [-0.15, -0.1) is 11.3 Å². The Hall–Kier alpha value is -0.920. The lowest BCUT2D eigenvalue weighted by Gasteiger charge is -2.26. The SMILES string of the molecule is CC1CCC(CNC(=O)Cc2ccc(S(N)(=O)=O)s2)CC1. The summed E-state index contributed by atoms with van der Waals surface area (Å²) in [5, 5.41) is 8.00. The van der Waals surface area contributed by atoms with Crippen molar-refractivity contribution in [1.29, 1.82) is 0 Å². The van der Waals surface area contributed by atoms with Crippen LogP contribution in [0.25, 0.3) is 0 Å². The summed E-state index contributed by atoms with van der Waals surface area (Å²) in [5.41, 5.74) is 0. The van der Waals surface area contributed by atoms with E-state index in [2.05, 4.69) is 12.2 Å². The van der Waals surface area contributed by atoms with Crippen LogP contribution in [-0.2, 0) is 21.2 Å². The third-order valence-electron chi connectivity index (χ3n) is 3.98. The molecule has 7 heteroatoms. The summed E-state index contributed by atoms with van der Waals surface area (Å²) in [6.07, 6.45) is 5.04. The van der Waals surface area contributed by atoms with Crippen molar-refractivity contribution in [3.8, 4) is 0 Å². The van der Waals surface area contributed by atoms with E-state index < -0.39 is 10.0 Å². The van der Waals surface area contributed by atoms with E-state index in [0.717, 1.165) is 23.8 Å². The van der Waals surface area contributed by atoms with Crippen LogP contribution in [0.1, 0.15) is 37.5 Å². The van der Waals surface area contributed by atoms with Crippen LogP contribution in [0.2, 0.25) is 0 Å². The van der Waals surface area contributed by atoms with Crippen LogP contribution >= 0.6 is 11.3 Å². The molecule has 2 rings (SSSR count). The van der Waals surface area contributed by atoms with Gasteiger partial charge < -0.3 is 5.32 Å². The Balaban J connectivity index is 1.78. The highest BCUT2D eigenvalue weighted by Crippen LogP contribution is 2.27. The fourth-order valence-corrected chi connectivity index (χ4v) is 4.40. The lowest BCUT2D eigenvalue weighted by Crippen LogP contribution is -2.31. The van der Waals surface area contributed by atoms with Gasteiger partial charge >= 0.3 is 0 Å². The monoisotopic (exact) mass is 330 g/mol. The second-order valence-electron chi connectivity index (χ2n) is 5.87. The molecule has 1 heterocycles. The standard InChI is InChI=1S/C14H22N2O3S2/c1-10-2-4-11(5-3-10)9-16-13(17)8-12-6-7-14(20-12)21(15,18)19/h6-7,10-11H,2-5,8-9H2,1H3,(H,16,17)(H2,15,18,19). The summed E-state index contributed by atoms with van der Waals surface area (Å²) in [7, 11) is -3.67. The van der Waals surface area contributed by atoms with E-state index in [0.29, 0.717) is 10.8 Å². The van der Waals surface area contributed by atoms with Crippen molar-refractivity contribution in [2.75, 3.05) is 6.54 Å². The molecule has 0 aliphatic heterocycles. The summed E-state index contributed by atoms with van der Waals surface area (Å²) >= 11 is 1.06. The number of primary sulfonamides is 1. The molecule has 21 heavy (non-hydrogen) atoms. The first kappa shape index (κ1) is 16.5. The summed E-state index contributed by atoms with van der Waals surface area (Å²) in [6.45, 7) is 2.99. The number of thiophene rings is 1. The molecule has 1 saturated carbocycles. The summed E-state index contributed by atoms with van der Waals surface area (Å²) in [5.74, 6) is 1.32. The molecule has 0 spiro atoms. The molecule has 1 aliphatic carbocycles. The van der Waals surface area contributed by atoms with Gasteiger partial charge in [0.05, 0.1) is 6.42 Å². The minimum atomic E-state index is -3.67. The number of rotatable bonds is 5. The first-order valence-electron chi connectivity index (χ1n) is 7.23. The Morgan fingerprint density at radius 2 is 2.00 bits per heavy atom. The minimum absolute atomic E-state index is 0.0589. The minimum Gasteiger partial charge on any atom is -0.356 e. The summed E-state index contributed by atoms with van der Waals surface area (Å²) < 4.78 is 22.5. The van der Waals surface area contributed by atoms with E-state index in [9.17, 15) is 13.2 Å². The number of carbonyl (C=O) groups excluding carboxylic acids is 1. The van der Waals surface area contributed by atoms with Crippen LogP contribution in [0.3, 0.4) is 0 Å². The first-order chi connectivity index (χ1) is 9.84. The number of amides is 1. The van der Waals surface area contributed by atoms with Crippen LogP contribution in [0.5, 0.6) is 0 Å². The maximum absolute atomic E-state index is 11.9. The number of carbonyl (C=O) groups is 1. The second kappa shape index (κ2) is 6.89. The Kier molecular flexibility index (Phi) is 5.40. The highest BCUT2D eigenvalue weighted by atomic mass is 32.2. The molecule has 3 N–H and O–H groups in total. The van der Waals surface area contributed by atoms with Crippen LogP contribution in [0.15, 0.2) is 16.3 Å². The number of nitrogens with two attached hydrogens (primary N) is 1.